The molecule has 0 unspecified atom stereocenters. The molecule has 2 fully saturated rings. The Kier molecular flexibility index (Phi) is 6.32. The number of carbonyl (C=O) groups is 3. The van der Waals surface area contributed by atoms with E-state index in [1.807, 2.05) is 0 Å². The molecule has 2 saturated carbocycles. The van der Waals surface area contributed by atoms with Crippen molar-refractivity contribution in [3.63, 3.8) is 0 Å². The summed E-state index contributed by atoms with van der Waals surface area (Å²) in [7, 11) is 0. The average Bonchev–Trinajstić information content (AvgIpc) is 3.19. The van der Waals surface area contributed by atoms with E-state index < -0.39 is 29.6 Å². The standard InChI is InChI=1S/C20H26N2O5/c23-18(13-9-11-15(12-10-13)27-14-5-1-2-6-14)21-22-19(24)16-7-3-4-8-17(16)20(25)26/h9-12,14,16-17H,1-8H2,(H,21,23)(H,22,24)(H,25,26)/t16-,17-/m0/s1. The van der Waals surface area contributed by atoms with Gasteiger partial charge in [-0.15, -0.1) is 0 Å². The van der Waals surface area contributed by atoms with Crippen molar-refractivity contribution in [3.05, 3.63) is 29.8 Å². The SMILES string of the molecule is O=C(NNC(=O)[C@H]1CCCC[C@@H]1C(=O)O)c1ccc(OC2CCCC2)cc1. The molecule has 2 aliphatic rings. The summed E-state index contributed by atoms with van der Waals surface area (Å²) in [5.41, 5.74) is 5.15. The van der Waals surface area contributed by atoms with Crippen molar-refractivity contribution in [2.45, 2.75) is 57.5 Å². The van der Waals surface area contributed by atoms with Crippen LogP contribution in [0, 0.1) is 11.8 Å². The molecule has 3 N–H and O–H groups in total. The first-order valence-electron chi connectivity index (χ1n) is 9.64. The molecule has 2 amide bonds. The van der Waals surface area contributed by atoms with E-state index in [0.717, 1.165) is 31.4 Å². The number of hydrogen-bond donors (Lipinski definition) is 3. The summed E-state index contributed by atoms with van der Waals surface area (Å²) in [6.45, 7) is 0. The molecule has 1 aromatic rings. The Balaban J connectivity index is 1.50. The molecular formula is C20H26N2O5. The minimum Gasteiger partial charge on any atom is -0.490 e. The number of carboxylic acids is 1. The third-order valence-electron chi connectivity index (χ3n) is 5.44. The van der Waals surface area contributed by atoms with Crippen LogP contribution in [0.2, 0.25) is 0 Å². The van der Waals surface area contributed by atoms with Crippen LogP contribution in [0.4, 0.5) is 0 Å². The van der Waals surface area contributed by atoms with Crippen LogP contribution in [-0.4, -0.2) is 29.0 Å². The fraction of sp³-hybridized carbons (Fsp3) is 0.550. The summed E-state index contributed by atoms with van der Waals surface area (Å²) >= 11 is 0. The van der Waals surface area contributed by atoms with Crippen LogP contribution < -0.4 is 15.6 Å². The van der Waals surface area contributed by atoms with Gasteiger partial charge < -0.3 is 9.84 Å². The van der Waals surface area contributed by atoms with E-state index >= 15 is 0 Å². The lowest BCUT2D eigenvalue weighted by Gasteiger charge is -2.27. The lowest BCUT2D eigenvalue weighted by molar-refractivity contribution is -0.149. The van der Waals surface area contributed by atoms with Gasteiger partial charge in [0.15, 0.2) is 0 Å². The van der Waals surface area contributed by atoms with E-state index in [1.165, 1.54) is 12.8 Å². The van der Waals surface area contributed by atoms with Gasteiger partial charge in [-0.1, -0.05) is 12.8 Å². The Morgan fingerprint density at radius 1 is 0.852 bits per heavy atom. The Hall–Kier alpha value is -2.57. The number of rotatable bonds is 5. The molecule has 27 heavy (non-hydrogen) atoms. The first kappa shape index (κ1) is 19.2. The minimum absolute atomic E-state index is 0.252. The zero-order valence-electron chi connectivity index (χ0n) is 15.3. The molecule has 146 valence electrons. The van der Waals surface area contributed by atoms with Crippen LogP contribution in [0.3, 0.4) is 0 Å². The summed E-state index contributed by atoms with van der Waals surface area (Å²) in [6.07, 6.45) is 7.39. The van der Waals surface area contributed by atoms with Crippen LogP contribution in [0.1, 0.15) is 61.7 Å². The van der Waals surface area contributed by atoms with Crippen LogP contribution in [0.25, 0.3) is 0 Å². The number of amides is 2. The van der Waals surface area contributed by atoms with Gasteiger partial charge in [0.1, 0.15) is 5.75 Å². The lowest BCUT2D eigenvalue weighted by Crippen LogP contribution is -2.47. The number of carboxylic acid groups (broad SMARTS) is 1. The Morgan fingerprint density at radius 3 is 2.07 bits per heavy atom. The van der Waals surface area contributed by atoms with Gasteiger partial charge in [-0.25, -0.2) is 0 Å². The zero-order valence-corrected chi connectivity index (χ0v) is 15.3. The predicted octanol–water partition coefficient (Wildman–Crippen LogP) is 2.66. The summed E-state index contributed by atoms with van der Waals surface area (Å²) in [5, 5.41) is 9.26. The van der Waals surface area contributed by atoms with E-state index in [2.05, 4.69) is 10.9 Å². The maximum atomic E-state index is 12.3. The molecule has 7 heteroatoms. The molecule has 7 nitrogen and oxygen atoms in total. The predicted molar refractivity (Wildman–Crippen MR) is 98.0 cm³/mol. The number of aliphatic carboxylic acids is 1. The molecule has 0 aromatic heterocycles. The van der Waals surface area contributed by atoms with Gasteiger partial charge in [0.05, 0.1) is 17.9 Å². The van der Waals surface area contributed by atoms with Gasteiger partial charge in [0, 0.05) is 5.56 Å². The largest absolute Gasteiger partial charge is 0.490 e. The van der Waals surface area contributed by atoms with E-state index in [-0.39, 0.29) is 6.10 Å². The second kappa shape index (κ2) is 8.88. The van der Waals surface area contributed by atoms with Crippen LogP contribution in [0.15, 0.2) is 24.3 Å². The van der Waals surface area contributed by atoms with Gasteiger partial charge >= 0.3 is 5.97 Å². The van der Waals surface area contributed by atoms with Crippen molar-refractivity contribution >= 4 is 17.8 Å². The molecule has 2 atom stereocenters. The summed E-state index contributed by atoms with van der Waals surface area (Å²) in [6, 6.07) is 6.78. The van der Waals surface area contributed by atoms with Gasteiger partial charge in [-0.05, 0) is 62.8 Å². The highest BCUT2D eigenvalue weighted by Crippen LogP contribution is 2.30. The first-order chi connectivity index (χ1) is 13.0. The fourth-order valence-corrected chi connectivity index (χ4v) is 3.91. The normalized spacial score (nSPS) is 22.8. The molecule has 0 aliphatic heterocycles. The Bertz CT molecular complexity index is 682. The van der Waals surface area contributed by atoms with Crippen molar-refractivity contribution in [3.8, 4) is 5.75 Å². The number of hydrogen-bond acceptors (Lipinski definition) is 4. The average molecular weight is 374 g/mol. The number of hydrazine groups is 1. The minimum atomic E-state index is -0.959. The van der Waals surface area contributed by atoms with Crippen molar-refractivity contribution in [2.75, 3.05) is 0 Å². The van der Waals surface area contributed by atoms with Crippen LogP contribution >= 0.6 is 0 Å². The molecule has 1 aromatic carbocycles. The van der Waals surface area contributed by atoms with Crippen molar-refractivity contribution < 1.29 is 24.2 Å². The van der Waals surface area contributed by atoms with E-state index in [1.54, 1.807) is 24.3 Å². The second-order valence-electron chi connectivity index (χ2n) is 7.33. The van der Waals surface area contributed by atoms with Crippen molar-refractivity contribution in [1.29, 1.82) is 0 Å². The molecular weight excluding hydrogens is 348 g/mol. The molecule has 3 rings (SSSR count). The van der Waals surface area contributed by atoms with Gasteiger partial charge in [-0.3, -0.25) is 25.2 Å². The maximum Gasteiger partial charge on any atom is 0.307 e. The monoisotopic (exact) mass is 374 g/mol. The van der Waals surface area contributed by atoms with Crippen molar-refractivity contribution in [1.82, 2.24) is 10.9 Å². The van der Waals surface area contributed by atoms with E-state index in [0.29, 0.717) is 18.4 Å². The molecule has 0 radical (unpaired) electrons. The molecule has 0 bridgehead atoms. The first-order valence-corrected chi connectivity index (χ1v) is 9.64. The van der Waals surface area contributed by atoms with Gasteiger partial charge in [-0.2, -0.15) is 0 Å². The number of nitrogens with one attached hydrogen (secondary N) is 2. The zero-order chi connectivity index (χ0) is 19.2. The number of benzene rings is 1. The molecule has 0 saturated heterocycles. The van der Waals surface area contributed by atoms with Crippen LogP contribution in [-0.2, 0) is 9.59 Å². The number of ether oxygens (including phenoxy) is 1. The Labute approximate surface area is 158 Å². The quantitative estimate of drug-likeness (QED) is 0.687. The lowest BCUT2D eigenvalue weighted by atomic mass is 9.79. The third-order valence-corrected chi connectivity index (χ3v) is 5.44. The highest BCUT2D eigenvalue weighted by molar-refractivity contribution is 5.96. The third kappa shape index (κ3) is 4.99. The molecule has 2 aliphatic carbocycles. The van der Waals surface area contributed by atoms with E-state index in [4.69, 9.17) is 4.74 Å². The summed E-state index contributed by atoms with van der Waals surface area (Å²) < 4.78 is 5.86. The van der Waals surface area contributed by atoms with Crippen molar-refractivity contribution in [2.24, 2.45) is 11.8 Å². The molecule has 0 spiro atoms. The highest BCUT2D eigenvalue weighted by atomic mass is 16.5. The van der Waals surface area contributed by atoms with E-state index in [9.17, 15) is 19.5 Å². The smallest absolute Gasteiger partial charge is 0.307 e. The topological polar surface area (TPSA) is 105 Å². The maximum absolute atomic E-state index is 12.3. The fourth-order valence-electron chi connectivity index (χ4n) is 3.91. The van der Waals surface area contributed by atoms with Crippen LogP contribution in [0.5, 0.6) is 5.75 Å². The van der Waals surface area contributed by atoms with Gasteiger partial charge in [0.2, 0.25) is 5.91 Å². The Morgan fingerprint density at radius 2 is 1.44 bits per heavy atom. The summed E-state index contributed by atoms with van der Waals surface area (Å²) in [4.78, 5) is 35.8. The number of carbonyl (C=O) groups excluding carboxylic acids is 2. The second-order valence-corrected chi connectivity index (χ2v) is 7.33. The van der Waals surface area contributed by atoms with Gasteiger partial charge in [0.25, 0.3) is 5.91 Å². The molecule has 0 heterocycles. The summed E-state index contributed by atoms with van der Waals surface area (Å²) in [5.74, 6) is -2.43. The highest BCUT2D eigenvalue weighted by Gasteiger charge is 2.35.